The zero-order valence-corrected chi connectivity index (χ0v) is 21.3. The lowest BCUT2D eigenvalue weighted by Crippen LogP contribution is -2.44. The Labute approximate surface area is 212 Å². The van der Waals surface area contributed by atoms with E-state index in [0.717, 1.165) is 16.0 Å². The number of benzene rings is 2. The van der Waals surface area contributed by atoms with Crippen LogP contribution in [0.5, 0.6) is 0 Å². The minimum absolute atomic E-state index is 0.00843. The third-order valence-corrected chi connectivity index (χ3v) is 6.67. The summed E-state index contributed by atoms with van der Waals surface area (Å²) in [6.07, 6.45) is 0.650. The molecular formula is C28H34N2O4S. The lowest BCUT2D eigenvalue weighted by Gasteiger charge is -2.28. The summed E-state index contributed by atoms with van der Waals surface area (Å²) in [6.45, 7) is 4.30. The number of thiophene rings is 1. The third-order valence-electron chi connectivity index (χ3n) is 5.66. The Morgan fingerprint density at radius 2 is 1.54 bits per heavy atom. The molecule has 2 aromatic carbocycles. The van der Waals surface area contributed by atoms with Crippen LogP contribution in [0.1, 0.15) is 28.0 Å². The molecule has 0 radical (unpaired) electrons. The van der Waals surface area contributed by atoms with E-state index in [1.165, 1.54) is 5.56 Å². The van der Waals surface area contributed by atoms with Gasteiger partial charge in [0, 0.05) is 31.7 Å². The van der Waals surface area contributed by atoms with Gasteiger partial charge in [-0.2, -0.15) is 0 Å². The van der Waals surface area contributed by atoms with E-state index in [4.69, 9.17) is 9.47 Å². The van der Waals surface area contributed by atoms with Gasteiger partial charge in [-0.3, -0.25) is 9.59 Å². The minimum atomic E-state index is -0.197. The van der Waals surface area contributed by atoms with Gasteiger partial charge in [0.1, 0.15) is 6.61 Å². The maximum atomic E-state index is 13.5. The standard InChI is InChI=1S/C28H34N2O4S/c1-23-14-17-35-26(23)19-30(18-24-10-5-3-6-11-24)27(31)20-29(15-9-16-33-2)28(32)22-34-21-25-12-7-4-8-13-25/h3-8,10-14,17H,9,15-16,18-22H2,1-2H3. The Morgan fingerprint density at radius 3 is 2.17 bits per heavy atom. The second kappa shape index (κ2) is 14.4. The maximum Gasteiger partial charge on any atom is 0.249 e. The molecule has 2 amide bonds. The van der Waals surface area contributed by atoms with Crippen LogP contribution in [0.25, 0.3) is 0 Å². The van der Waals surface area contributed by atoms with Gasteiger partial charge in [-0.05, 0) is 41.5 Å². The van der Waals surface area contributed by atoms with Crippen molar-refractivity contribution in [3.05, 3.63) is 93.7 Å². The quantitative estimate of drug-likeness (QED) is 0.306. The molecule has 7 heteroatoms. The van der Waals surface area contributed by atoms with Crippen molar-refractivity contribution in [2.45, 2.75) is 33.0 Å². The molecule has 0 fully saturated rings. The molecule has 0 saturated heterocycles. The van der Waals surface area contributed by atoms with Gasteiger partial charge in [0.25, 0.3) is 0 Å². The minimum Gasteiger partial charge on any atom is -0.385 e. The molecule has 0 aliphatic carbocycles. The first-order chi connectivity index (χ1) is 17.1. The highest BCUT2D eigenvalue weighted by molar-refractivity contribution is 7.10. The number of methoxy groups -OCH3 is 1. The van der Waals surface area contributed by atoms with Crippen molar-refractivity contribution in [3.8, 4) is 0 Å². The van der Waals surface area contributed by atoms with Crippen molar-refractivity contribution in [2.75, 3.05) is 33.4 Å². The summed E-state index contributed by atoms with van der Waals surface area (Å²) < 4.78 is 10.8. The SMILES string of the molecule is COCCCN(CC(=O)N(Cc1ccccc1)Cc1sccc1C)C(=O)COCc1ccccc1. The number of ether oxygens (including phenoxy) is 2. The van der Waals surface area contributed by atoms with E-state index in [0.29, 0.717) is 39.3 Å². The Morgan fingerprint density at radius 1 is 0.857 bits per heavy atom. The summed E-state index contributed by atoms with van der Waals surface area (Å²) in [6, 6.07) is 21.7. The fraction of sp³-hybridized carbons (Fsp3) is 0.357. The van der Waals surface area contributed by atoms with Crippen LogP contribution in [0, 0.1) is 6.92 Å². The summed E-state index contributed by atoms with van der Waals surface area (Å²) in [5, 5.41) is 2.04. The first-order valence-corrected chi connectivity index (χ1v) is 12.7. The lowest BCUT2D eigenvalue weighted by molar-refractivity contribution is -0.144. The van der Waals surface area contributed by atoms with E-state index in [1.54, 1.807) is 23.3 Å². The van der Waals surface area contributed by atoms with Crippen LogP contribution in [0.3, 0.4) is 0 Å². The van der Waals surface area contributed by atoms with Gasteiger partial charge in [-0.25, -0.2) is 0 Å². The number of carbonyl (C=O) groups excluding carboxylic acids is 2. The third kappa shape index (κ3) is 8.94. The Hall–Kier alpha value is -3.00. The summed E-state index contributed by atoms with van der Waals surface area (Å²) >= 11 is 1.65. The highest BCUT2D eigenvalue weighted by Crippen LogP contribution is 2.20. The molecule has 186 valence electrons. The monoisotopic (exact) mass is 494 g/mol. The number of amides is 2. The van der Waals surface area contributed by atoms with Crippen LogP contribution in [0.15, 0.2) is 72.1 Å². The predicted octanol–water partition coefficient (Wildman–Crippen LogP) is 4.67. The average molecular weight is 495 g/mol. The summed E-state index contributed by atoms with van der Waals surface area (Å²) in [5.41, 5.74) is 3.23. The molecule has 6 nitrogen and oxygen atoms in total. The Balaban J connectivity index is 1.67. The van der Waals surface area contributed by atoms with E-state index >= 15 is 0 Å². The maximum absolute atomic E-state index is 13.5. The van der Waals surface area contributed by atoms with Crippen molar-refractivity contribution >= 4 is 23.2 Å². The van der Waals surface area contributed by atoms with Crippen LogP contribution >= 0.6 is 11.3 Å². The summed E-state index contributed by atoms with van der Waals surface area (Å²) in [5.74, 6) is -0.284. The van der Waals surface area contributed by atoms with E-state index in [9.17, 15) is 9.59 Å². The van der Waals surface area contributed by atoms with Crippen molar-refractivity contribution in [1.29, 1.82) is 0 Å². The number of carbonyl (C=O) groups is 2. The molecule has 3 aromatic rings. The van der Waals surface area contributed by atoms with Gasteiger partial charge in [0.2, 0.25) is 11.8 Å². The highest BCUT2D eigenvalue weighted by atomic mass is 32.1. The number of hydrogen-bond acceptors (Lipinski definition) is 5. The number of aryl methyl sites for hydroxylation is 1. The van der Waals surface area contributed by atoms with Crippen molar-refractivity contribution < 1.29 is 19.1 Å². The van der Waals surface area contributed by atoms with Gasteiger partial charge in [-0.15, -0.1) is 11.3 Å². The molecule has 0 bridgehead atoms. The van der Waals surface area contributed by atoms with E-state index < -0.39 is 0 Å². The van der Waals surface area contributed by atoms with Crippen molar-refractivity contribution in [1.82, 2.24) is 9.80 Å². The molecule has 0 saturated carbocycles. The van der Waals surface area contributed by atoms with Crippen LogP contribution in [0.4, 0.5) is 0 Å². The van der Waals surface area contributed by atoms with E-state index in [1.807, 2.05) is 70.9 Å². The fourth-order valence-electron chi connectivity index (χ4n) is 3.65. The molecule has 0 unspecified atom stereocenters. The van der Waals surface area contributed by atoms with Gasteiger partial charge in [-0.1, -0.05) is 60.7 Å². The average Bonchev–Trinajstić information content (AvgIpc) is 3.28. The summed E-state index contributed by atoms with van der Waals surface area (Å²) in [7, 11) is 1.63. The normalized spacial score (nSPS) is 10.8. The number of hydrogen-bond donors (Lipinski definition) is 0. The number of nitrogens with zero attached hydrogens (tertiary/aromatic N) is 2. The molecule has 1 heterocycles. The smallest absolute Gasteiger partial charge is 0.249 e. The second-order valence-corrected chi connectivity index (χ2v) is 9.40. The van der Waals surface area contributed by atoms with Gasteiger partial charge >= 0.3 is 0 Å². The van der Waals surface area contributed by atoms with Crippen LogP contribution in [-0.4, -0.2) is 55.0 Å². The van der Waals surface area contributed by atoms with E-state index in [-0.39, 0.29) is 25.0 Å². The Kier molecular flexibility index (Phi) is 11.0. The Bertz CT molecular complexity index is 1040. The molecule has 0 aliphatic heterocycles. The fourth-order valence-corrected chi connectivity index (χ4v) is 4.57. The lowest BCUT2D eigenvalue weighted by atomic mass is 10.2. The van der Waals surface area contributed by atoms with Crippen LogP contribution in [0.2, 0.25) is 0 Å². The second-order valence-electron chi connectivity index (χ2n) is 8.40. The zero-order valence-electron chi connectivity index (χ0n) is 20.5. The van der Waals surface area contributed by atoms with Crippen molar-refractivity contribution in [2.24, 2.45) is 0 Å². The van der Waals surface area contributed by atoms with Gasteiger partial charge < -0.3 is 19.3 Å². The molecule has 0 atom stereocenters. The zero-order chi connectivity index (χ0) is 24.9. The summed E-state index contributed by atoms with van der Waals surface area (Å²) in [4.78, 5) is 31.1. The first-order valence-electron chi connectivity index (χ1n) is 11.8. The van der Waals surface area contributed by atoms with Gasteiger partial charge in [0.15, 0.2) is 0 Å². The largest absolute Gasteiger partial charge is 0.385 e. The molecular weight excluding hydrogens is 460 g/mol. The molecule has 0 N–H and O–H groups in total. The highest BCUT2D eigenvalue weighted by Gasteiger charge is 2.22. The number of rotatable bonds is 14. The van der Waals surface area contributed by atoms with Crippen LogP contribution < -0.4 is 0 Å². The van der Waals surface area contributed by atoms with Crippen molar-refractivity contribution in [3.63, 3.8) is 0 Å². The first kappa shape index (κ1) is 26.6. The molecule has 1 aromatic heterocycles. The predicted molar refractivity (Wildman–Crippen MR) is 139 cm³/mol. The van der Waals surface area contributed by atoms with Gasteiger partial charge in [0.05, 0.1) is 19.7 Å². The van der Waals surface area contributed by atoms with Crippen LogP contribution in [-0.2, 0) is 38.8 Å². The topological polar surface area (TPSA) is 59.1 Å². The molecule has 0 aliphatic rings. The molecule has 0 spiro atoms. The molecule has 3 rings (SSSR count). The molecule has 35 heavy (non-hydrogen) atoms. The van der Waals surface area contributed by atoms with E-state index in [2.05, 4.69) is 13.0 Å².